The minimum absolute atomic E-state index is 0.0239. The molecule has 1 fully saturated rings. The number of carbonyl (C=O) groups excluding carboxylic acids is 3. The van der Waals surface area contributed by atoms with Crippen LogP contribution in [-0.4, -0.2) is 65.2 Å². The number of rotatable bonds is 5. The van der Waals surface area contributed by atoms with E-state index < -0.39 is 23.6 Å². The third-order valence-corrected chi connectivity index (χ3v) is 4.43. The molecule has 0 unspecified atom stereocenters. The predicted octanol–water partition coefficient (Wildman–Crippen LogP) is 1.93. The summed E-state index contributed by atoms with van der Waals surface area (Å²) < 4.78 is 5.52. The number of amides is 4. The van der Waals surface area contributed by atoms with Crippen LogP contribution in [0, 0.1) is 5.92 Å². The number of imide groups is 1. The second-order valence-electron chi connectivity index (χ2n) is 8.26. The highest BCUT2D eigenvalue weighted by Crippen LogP contribution is 2.22. The molecular formula is C18H34N4O4. The van der Waals surface area contributed by atoms with Crippen molar-refractivity contribution in [3.05, 3.63) is 0 Å². The van der Waals surface area contributed by atoms with Gasteiger partial charge in [0.1, 0.15) is 5.60 Å². The molecule has 0 radical (unpaired) electrons. The highest BCUT2D eigenvalue weighted by Gasteiger charge is 2.31. The molecule has 0 aliphatic carbocycles. The first kappa shape index (κ1) is 22.2. The van der Waals surface area contributed by atoms with Crippen molar-refractivity contribution in [2.45, 2.75) is 72.1 Å². The molecule has 1 rings (SSSR count). The van der Waals surface area contributed by atoms with Crippen molar-refractivity contribution in [1.29, 1.82) is 0 Å². The summed E-state index contributed by atoms with van der Waals surface area (Å²) in [7, 11) is 0. The number of hydrogen-bond donors (Lipinski definition) is 2. The number of nitrogens with zero attached hydrogens (tertiary/aromatic N) is 2. The van der Waals surface area contributed by atoms with Gasteiger partial charge in [-0.05, 0) is 66.8 Å². The molecule has 0 bridgehead atoms. The molecule has 0 aromatic carbocycles. The van der Waals surface area contributed by atoms with Gasteiger partial charge in [0.25, 0.3) is 0 Å². The lowest BCUT2D eigenvalue weighted by Crippen LogP contribution is -2.53. The first-order valence-electron chi connectivity index (χ1n) is 9.24. The molecule has 150 valence electrons. The largest absolute Gasteiger partial charge is 0.444 e. The fourth-order valence-electron chi connectivity index (χ4n) is 3.08. The standard InChI is InChI=1S/C18H34N4O4/c1-12(2)22(17(25)26-18(4,5)6)11-14-8-7-9-21(10-14)13(3)15(23)20-16(19)24/h12-14H,7-11H2,1-6H3,(H3,19,20,23,24)/t13-,14+/m1/s1. The van der Waals surface area contributed by atoms with Gasteiger partial charge in [-0.2, -0.15) is 0 Å². The van der Waals surface area contributed by atoms with Gasteiger partial charge in [-0.3, -0.25) is 15.0 Å². The molecule has 2 atom stereocenters. The minimum atomic E-state index is -0.841. The summed E-state index contributed by atoms with van der Waals surface area (Å²) in [5.74, 6) is -0.159. The maximum Gasteiger partial charge on any atom is 0.410 e. The molecule has 4 amide bonds. The Morgan fingerprint density at radius 2 is 1.88 bits per heavy atom. The lowest BCUT2D eigenvalue weighted by molar-refractivity contribution is -0.125. The lowest BCUT2D eigenvalue weighted by Gasteiger charge is -2.39. The smallest absolute Gasteiger partial charge is 0.410 e. The predicted molar refractivity (Wildman–Crippen MR) is 99.6 cm³/mol. The third kappa shape index (κ3) is 7.19. The maximum absolute atomic E-state index is 12.5. The zero-order chi connectivity index (χ0) is 20.1. The average Bonchev–Trinajstić information content (AvgIpc) is 2.49. The fourth-order valence-corrected chi connectivity index (χ4v) is 3.08. The molecule has 1 aliphatic heterocycles. The highest BCUT2D eigenvalue weighted by atomic mass is 16.6. The molecule has 0 aromatic rings. The van der Waals surface area contributed by atoms with Gasteiger partial charge in [0.15, 0.2) is 0 Å². The van der Waals surface area contributed by atoms with Crippen LogP contribution in [0.3, 0.4) is 0 Å². The highest BCUT2D eigenvalue weighted by molar-refractivity contribution is 5.96. The fraction of sp³-hybridized carbons (Fsp3) is 0.833. The van der Waals surface area contributed by atoms with Crippen molar-refractivity contribution >= 4 is 18.0 Å². The van der Waals surface area contributed by atoms with E-state index in [1.807, 2.05) is 39.5 Å². The molecule has 0 saturated carbocycles. The van der Waals surface area contributed by atoms with E-state index in [-0.39, 0.29) is 18.1 Å². The van der Waals surface area contributed by atoms with Gasteiger partial charge in [0.05, 0.1) is 6.04 Å². The van der Waals surface area contributed by atoms with Gasteiger partial charge in [0, 0.05) is 19.1 Å². The van der Waals surface area contributed by atoms with Gasteiger partial charge in [-0.1, -0.05) is 0 Å². The van der Waals surface area contributed by atoms with Crippen molar-refractivity contribution in [3.63, 3.8) is 0 Å². The number of piperidine rings is 1. The molecule has 3 N–H and O–H groups in total. The average molecular weight is 370 g/mol. The molecule has 26 heavy (non-hydrogen) atoms. The Kier molecular flexibility index (Phi) is 7.87. The van der Waals surface area contributed by atoms with Crippen LogP contribution in [-0.2, 0) is 9.53 Å². The molecule has 1 aliphatic rings. The van der Waals surface area contributed by atoms with Crippen molar-refractivity contribution in [3.8, 4) is 0 Å². The SMILES string of the molecule is CC(C)N(C[C@H]1CCCN([C@H](C)C(=O)NC(N)=O)C1)C(=O)OC(C)(C)C. The van der Waals surface area contributed by atoms with Crippen LogP contribution < -0.4 is 11.1 Å². The monoisotopic (exact) mass is 370 g/mol. The summed E-state index contributed by atoms with van der Waals surface area (Å²) in [6, 6.07) is -1.26. The molecule has 8 nitrogen and oxygen atoms in total. The molecule has 1 saturated heterocycles. The number of nitrogens with one attached hydrogen (secondary N) is 1. The van der Waals surface area contributed by atoms with Crippen LogP contribution in [0.15, 0.2) is 0 Å². The maximum atomic E-state index is 12.5. The van der Waals surface area contributed by atoms with E-state index in [1.165, 1.54) is 0 Å². The Morgan fingerprint density at radius 3 is 2.38 bits per heavy atom. The molecule has 8 heteroatoms. The van der Waals surface area contributed by atoms with Crippen molar-refractivity contribution in [2.24, 2.45) is 11.7 Å². The van der Waals surface area contributed by atoms with Crippen molar-refractivity contribution in [1.82, 2.24) is 15.1 Å². The van der Waals surface area contributed by atoms with E-state index in [2.05, 4.69) is 5.32 Å². The number of carbonyl (C=O) groups is 3. The van der Waals surface area contributed by atoms with E-state index in [4.69, 9.17) is 10.5 Å². The summed E-state index contributed by atoms with van der Waals surface area (Å²) in [5, 5.41) is 2.13. The van der Waals surface area contributed by atoms with Crippen LogP contribution in [0.1, 0.15) is 54.4 Å². The summed E-state index contributed by atoms with van der Waals surface area (Å²) in [5.41, 5.74) is 4.49. The zero-order valence-electron chi connectivity index (χ0n) is 16.9. The topological polar surface area (TPSA) is 105 Å². The van der Waals surface area contributed by atoms with E-state index in [0.29, 0.717) is 13.1 Å². The number of ether oxygens (including phenoxy) is 1. The molecule has 1 heterocycles. The second kappa shape index (κ2) is 9.21. The Labute approximate surface area is 156 Å². The lowest BCUT2D eigenvalue weighted by atomic mass is 9.95. The van der Waals surface area contributed by atoms with Crippen molar-refractivity contribution in [2.75, 3.05) is 19.6 Å². The van der Waals surface area contributed by atoms with E-state index in [1.54, 1.807) is 11.8 Å². The Bertz CT molecular complexity index is 516. The Balaban J connectivity index is 2.71. The first-order valence-corrected chi connectivity index (χ1v) is 9.24. The molecule has 0 spiro atoms. The normalized spacial score (nSPS) is 19.7. The Hall–Kier alpha value is -1.83. The summed E-state index contributed by atoms with van der Waals surface area (Å²) in [6.45, 7) is 13.3. The van der Waals surface area contributed by atoms with Crippen LogP contribution >= 0.6 is 0 Å². The van der Waals surface area contributed by atoms with Crippen molar-refractivity contribution < 1.29 is 19.1 Å². The van der Waals surface area contributed by atoms with Gasteiger partial charge in [0.2, 0.25) is 5.91 Å². The number of primary amides is 1. The third-order valence-electron chi connectivity index (χ3n) is 4.43. The van der Waals surface area contributed by atoms with Gasteiger partial charge in [-0.25, -0.2) is 9.59 Å². The molecular weight excluding hydrogens is 336 g/mol. The second-order valence-corrected chi connectivity index (χ2v) is 8.26. The van der Waals surface area contributed by atoms with Gasteiger partial charge < -0.3 is 15.4 Å². The summed E-state index contributed by atoms with van der Waals surface area (Å²) in [4.78, 5) is 39.2. The Morgan fingerprint density at radius 1 is 1.27 bits per heavy atom. The van der Waals surface area contributed by atoms with E-state index in [0.717, 1.165) is 19.4 Å². The number of nitrogens with two attached hydrogens (primary N) is 1. The zero-order valence-corrected chi connectivity index (χ0v) is 16.9. The van der Waals surface area contributed by atoms with Gasteiger partial charge in [-0.15, -0.1) is 0 Å². The number of likely N-dealkylation sites (tertiary alicyclic amines) is 1. The number of hydrogen-bond acceptors (Lipinski definition) is 5. The van der Waals surface area contributed by atoms with Crippen LogP contribution in [0.5, 0.6) is 0 Å². The van der Waals surface area contributed by atoms with E-state index >= 15 is 0 Å². The number of urea groups is 1. The van der Waals surface area contributed by atoms with Crippen LogP contribution in [0.2, 0.25) is 0 Å². The summed E-state index contributed by atoms with van der Waals surface area (Å²) in [6.07, 6.45) is 1.59. The van der Waals surface area contributed by atoms with E-state index in [9.17, 15) is 14.4 Å². The first-order chi connectivity index (χ1) is 11.9. The molecule has 0 aromatic heterocycles. The van der Waals surface area contributed by atoms with Crippen LogP contribution in [0.25, 0.3) is 0 Å². The summed E-state index contributed by atoms with van der Waals surface area (Å²) >= 11 is 0. The van der Waals surface area contributed by atoms with Crippen LogP contribution in [0.4, 0.5) is 9.59 Å². The minimum Gasteiger partial charge on any atom is -0.444 e. The van der Waals surface area contributed by atoms with Gasteiger partial charge >= 0.3 is 12.1 Å². The quantitative estimate of drug-likeness (QED) is 0.769.